The van der Waals surface area contributed by atoms with E-state index >= 15 is 0 Å². The largest absolute Gasteiger partial charge is 0.481 e. The Morgan fingerprint density at radius 1 is 1.60 bits per heavy atom. The summed E-state index contributed by atoms with van der Waals surface area (Å²) < 4.78 is 0. The summed E-state index contributed by atoms with van der Waals surface area (Å²) in [7, 11) is 0. The number of rotatable bonds is 5. The molecule has 1 aliphatic rings. The number of carboxylic acid groups (broad SMARTS) is 1. The van der Waals surface area contributed by atoms with E-state index < -0.39 is 5.97 Å². The normalized spacial score (nSPS) is 28.3. The Bertz CT molecular complexity index is 271. The third-order valence-corrected chi connectivity index (χ3v) is 2.88. The minimum atomic E-state index is -0.750. The van der Waals surface area contributed by atoms with Crippen molar-refractivity contribution < 1.29 is 14.7 Å². The molecular weight excluding hydrogens is 194 g/mol. The number of carboxylic acids is 1. The molecule has 0 amide bonds. The smallest absolute Gasteiger partial charge is 0.307 e. The maximum atomic E-state index is 10.8. The molecule has 4 heteroatoms. The molecule has 0 bridgehead atoms. The van der Waals surface area contributed by atoms with Gasteiger partial charge >= 0.3 is 5.97 Å². The summed E-state index contributed by atoms with van der Waals surface area (Å²) in [6.07, 6.45) is 1.63. The molecule has 0 aliphatic heterocycles. The SMILES string of the molecule is CC(C)CO/N=C\C1C(C(=O)O)C1(C)C. The summed E-state index contributed by atoms with van der Waals surface area (Å²) in [6.45, 7) is 8.52. The minimum absolute atomic E-state index is 0.00200. The highest BCUT2D eigenvalue weighted by Gasteiger charge is 2.61. The number of aliphatic carboxylic acids is 1. The van der Waals surface area contributed by atoms with Gasteiger partial charge in [-0.15, -0.1) is 0 Å². The van der Waals surface area contributed by atoms with Crippen LogP contribution in [-0.2, 0) is 9.63 Å². The topological polar surface area (TPSA) is 58.9 Å². The zero-order valence-corrected chi connectivity index (χ0v) is 9.73. The molecule has 1 aliphatic carbocycles. The molecule has 0 aromatic rings. The third-order valence-electron chi connectivity index (χ3n) is 2.88. The van der Waals surface area contributed by atoms with Crippen LogP contribution in [0, 0.1) is 23.2 Å². The molecule has 86 valence electrons. The average Bonchev–Trinajstić information content (AvgIpc) is 2.62. The number of hydrogen-bond acceptors (Lipinski definition) is 3. The number of oxime groups is 1. The maximum Gasteiger partial charge on any atom is 0.307 e. The molecular formula is C11H19NO3. The predicted octanol–water partition coefficient (Wildman–Crippen LogP) is 2.00. The van der Waals surface area contributed by atoms with Gasteiger partial charge in [0.15, 0.2) is 0 Å². The van der Waals surface area contributed by atoms with Gasteiger partial charge in [-0.05, 0) is 11.3 Å². The predicted molar refractivity (Wildman–Crippen MR) is 57.7 cm³/mol. The second-order valence-corrected chi connectivity index (χ2v) is 5.11. The number of carbonyl (C=O) groups is 1. The highest BCUT2D eigenvalue weighted by molar-refractivity contribution is 5.84. The summed E-state index contributed by atoms with van der Waals surface area (Å²) in [5.41, 5.74) is -0.184. The minimum Gasteiger partial charge on any atom is -0.481 e. The molecule has 0 radical (unpaired) electrons. The van der Waals surface area contributed by atoms with E-state index in [9.17, 15) is 4.79 Å². The highest BCUT2D eigenvalue weighted by atomic mass is 16.6. The maximum absolute atomic E-state index is 10.8. The monoisotopic (exact) mass is 213 g/mol. The van der Waals surface area contributed by atoms with Crippen LogP contribution in [0.25, 0.3) is 0 Å². The molecule has 0 spiro atoms. The van der Waals surface area contributed by atoms with Crippen LogP contribution in [0.5, 0.6) is 0 Å². The van der Waals surface area contributed by atoms with Crippen molar-refractivity contribution in [2.45, 2.75) is 27.7 Å². The van der Waals surface area contributed by atoms with Crippen LogP contribution in [0.1, 0.15) is 27.7 Å². The molecule has 0 saturated heterocycles. The fourth-order valence-corrected chi connectivity index (χ4v) is 1.73. The Balaban J connectivity index is 2.38. The van der Waals surface area contributed by atoms with E-state index in [2.05, 4.69) is 5.16 Å². The first kappa shape index (κ1) is 12.0. The Morgan fingerprint density at radius 2 is 2.20 bits per heavy atom. The molecule has 0 aromatic carbocycles. The molecule has 0 heterocycles. The van der Waals surface area contributed by atoms with Crippen molar-refractivity contribution in [3.63, 3.8) is 0 Å². The van der Waals surface area contributed by atoms with Crippen LogP contribution >= 0.6 is 0 Å². The first-order valence-corrected chi connectivity index (χ1v) is 5.25. The zero-order chi connectivity index (χ0) is 11.6. The van der Waals surface area contributed by atoms with Crippen LogP contribution in [0.4, 0.5) is 0 Å². The Hall–Kier alpha value is -1.06. The molecule has 15 heavy (non-hydrogen) atoms. The summed E-state index contributed by atoms with van der Waals surface area (Å²) in [6, 6.07) is 0. The molecule has 1 N–H and O–H groups in total. The van der Waals surface area contributed by atoms with Gasteiger partial charge in [0.2, 0.25) is 0 Å². The molecule has 1 rings (SSSR count). The second-order valence-electron chi connectivity index (χ2n) is 5.11. The van der Waals surface area contributed by atoms with Crippen molar-refractivity contribution in [1.82, 2.24) is 0 Å². The van der Waals surface area contributed by atoms with Crippen molar-refractivity contribution in [2.24, 2.45) is 28.3 Å². The van der Waals surface area contributed by atoms with Crippen LogP contribution in [0.2, 0.25) is 0 Å². The lowest BCUT2D eigenvalue weighted by molar-refractivity contribution is -0.139. The molecule has 2 atom stereocenters. The van der Waals surface area contributed by atoms with Gasteiger partial charge in [-0.3, -0.25) is 4.79 Å². The van der Waals surface area contributed by atoms with E-state index in [1.54, 1.807) is 6.21 Å². The number of hydrogen-bond donors (Lipinski definition) is 1. The van der Waals surface area contributed by atoms with Crippen molar-refractivity contribution in [2.75, 3.05) is 6.61 Å². The van der Waals surface area contributed by atoms with E-state index in [-0.39, 0.29) is 17.3 Å². The van der Waals surface area contributed by atoms with Gasteiger partial charge in [-0.2, -0.15) is 0 Å². The molecule has 1 saturated carbocycles. The highest BCUT2D eigenvalue weighted by Crippen LogP contribution is 2.57. The van der Waals surface area contributed by atoms with Gasteiger partial charge in [0, 0.05) is 12.1 Å². The summed E-state index contributed by atoms with van der Waals surface area (Å²) in [5, 5.41) is 12.7. The lowest BCUT2D eigenvalue weighted by Crippen LogP contribution is -2.03. The van der Waals surface area contributed by atoms with E-state index in [4.69, 9.17) is 9.94 Å². The van der Waals surface area contributed by atoms with E-state index in [0.29, 0.717) is 12.5 Å². The first-order chi connectivity index (χ1) is 6.87. The second kappa shape index (κ2) is 4.21. The van der Waals surface area contributed by atoms with Gasteiger partial charge in [0.1, 0.15) is 6.61 Å². The van der Waals surface area contributed by atoms with Gasteiger partial charge in [0.05, 0.1) is 5.92 Å². The van der Waals surface area contributed by atoms with Crippen LogP contribution < -0.4 is 0 Å². The third kappa shape index (κ3) is 2.70. The summed E-state index contributed by atoms with van der Waals surface area (Å²) >= 11 is 0. The van der Waals surface area contributed by atoms with Gasteiger partial charge < -0.3 is 9.94 Å². The van der Waals surface area contributed by atoms with E-state index in [1.807, 2.05) is 27.7 Å². The lowest BCUT2D eigenvalue weighted by atomic mass is 10.1. The quantitative estimate of drug-likeness (QED) is 0.561. The molecule has 2 unspecified atom stereocenters. The summed E-state index contributed by atoms with van der Waals surface area (Å²) in [5.74, 6) is -0.629. The molecule has 1 fully saturated rings. The Kier molecular flexibility index (Phi) is 3.37. The summed E-state index contributed by atoms with van der Waals surface area (Å²) in [4.78, 5) is 15.9. The van der Waals surface area contributed by atoms with Crippen LogP contribution in [0.3, 0.4) is 0 Å². The van der Waals surface area contributed by atoms with Gasteiger partial charge in [0.25, 0.3) is 0 Å². The number of nitrogens with zero attached hydrogens (tertiary/aromatic N) is 1. The first-order valence-electron chi connectivity index (χ1n) is 5.25. The van der Waals surface area contributed by atoms with Crippen LogP contribution in [0.15, 0.2) is 5.16 Å². The van der Waals surface area contributed by atoms with Crippen molar-refractivity contribution in [3.05, 3.63) is 0 Å². The Labute approximate surface area is 90.3 Å². The van der Waals surface area contributed by atoms with Crippen molar-refractivity contribution in [1.29, 1.82) is 0 Å². The average molecular weight is 213 g/mol. The van der Waals surface area contributed by atoms with E-state index in [0.717, 1.165) is 0 Å². The fraction of sp³-hybridized carbons (Fsp3) is 0.818. The van der Waals surface area contributed by atoms with E-state index in [1.165, 1.54) is 0 Å². The molecule has 0 aromatic heterocycles. The molecule has 4 nitrogen and oxygen atoms in total. The van der Waals surface area contributed by atoms with Crippen LogP contribution in [-0.4, -0.2) is 23.9 Å². The van der Waals surface area contributed by atoms with Crippen molar-refractivity contribution in [3.8, 4) is 0 Å². The standard InChI is InChI=1S/C11H19NO3/c1-7(2)6-15-12-5-8-9(10(13)14)11(8,3)4/h5,7-9H,6H2,1-4H3,(H,13,14)/b12-5-. The van der Waals surface area contributed by atoms with Gasteiger partial charge in [-0.25, -0.2) is 0 Å². The Morgan fingerprint density at radius 3 is 2.60 bits per heavy atom. The lowest BCUT2D eigenvalue weighted by Gasteiger charge is -2.01. The fourth-order valence-electron chi connectivity index (χ4n) is 1.73. The van der Waals surface area contributed by atoms with Crippen molar-refractivity contribution >= 4 is 12.2 Å². The zero-order valence-electron chi connectivity index (χ0n) is 9.73. The van der Waals surface area contributed by atoms with Gasteiger partial charge in [-0.1, -0.05) is 32.9 Å².